The van der Waals surface area contributed by atoms with Gasteiger partial charge in [-0.2, -0.15) is 0 Å². The Balaban J connectivity index is 0.00000289. The second kappa shape index (κ2) is 13.6. The zero-order chi connectivity index (χ0) is 21.1. The predicted molar refractivity (Wildman–Crippen MR) is 130 cm³/mol. The van der Waals surface area contributed by atoms with Gasteiger partial charge in [-0.05, 0) is 23.2 Å². The zero-order valence-electron chi connectivity index (χ0n) is 19.4. The third kappa shape index (κ3) is 8.24. The summed E-state index contributed by atoms with van der Waals surface area (Å²) in [5.74, 6) is 0. The third-order valence-corrected chi connectivity index (χ3v) is 6.03. The van der Waals surface area contributed by atoms with Gasteiger partial charge < -0.3 is 5.32 Å². The first-order valence-electron chi connectivity index (χ1n) is 11.6. The van der Waals surface area contributed by atoms with Crippen LogP contribution in [0.2, 0.25) is 0 Å². The number of nitrogens with zero attached hydrogens (tertiary/aromatic N) is 3. The average molecular weight is 420 g/mol. The fourth-order valence-corrected chi connectivity index (χ4v) is 4.40. The van der Waals surface area contributed by atoms with Gasteiger partial charge in [-0.1, -0.05) is 104 Å². The quantitative estimate of drug-likeness (QED) is 0.446. The maximum atomic E-state index is 4.82. The van der Waals surface area contributed by atoms with Crippen molar-refractivity contribution in [2.75, 3.05) is 26.2 Å². The maximum absolute atomic E-state index is 4.82. The van der Waals surface area contributed by atoms with Crippen LogP contribution in [0.5, 0.6) is 0 Å². The normalized spacial score (nSPS) is 15.8. The summed E-state index contributed by atoms with van der Waals surface area (Å²) >= 11 is 0. The summed E-state index contributed by atoms with van der Waals surface area (Å²) < 4.78 is 0. The van der Waals surface area contributed by atoms with Crippen molar-refractivity contribution in [1.29, 1.82) is 0 Å². The van der Waals surface area contributed by atoms with Gasteiger partial charge in [-0.25, -0.2) is 0 Å². The molecule has 0 spiro atoms. The van der Waals surface area contributed by atoms with Crippen LogP contribution in [-0.4, -0.2) is 42.0 Å². The average Bonchev–Trinajstić information content (AvgIpc) is 3.32. The van der Waals surface area contributed by atoms with E-state index in [0.717, 1.165) is 45.8 Å². The van der Waals surface area contributed by atoms with E-state index in [1.165, 1.54) is 29.5 Å². The van der Waals surface area contributed by atoms with Crippen LogP contribution in [0.3, 0.4) is 0 Å². The summed E-state index contributed by atoms with van der Waals surface area (Å²) in [6.07, 6.45) is 2.49. The Kier molecular flexibility index (Phi) is 10.6. The molecule has 162 valence electrons. The van der Waals surface area contributed by atoms with Crippen LogP contribution in [0.1, 0.15) is 29.5 Å². The van der Waals surface area contributed by atoms with Crippen LogP contribution >= 0.6 is 0 Å². The Bertz CT molecular complexity index is 825. The van der Waals surface area contributed by atoms with Crippen LogP contribution in [0.25, 0.3) is 5.32 Å². The van der Waals surface area contributed by atoms with Gasteiger partial charge in [0.1, 0.15) is 0 Å². The third-order valence-electron chi connectivity index (χ3n) is 6.03. The Hall–Kier alpha value is -1.86. The molecule has 4 heteroatoms. The van der Waals surface area contributed by atoms with Crippen molar-refractivity contribution < 1.29 is 18.9 Å². The fraction of sp³-hybridized carbons (Fsp3) is 0.357. The van der Waals surface area contributed by atoms with E-state index in [9.17, 15) is 0 Å². The Labute approximate surface area is 206 Å². The maximum Gasteiger partial charge on any atom is 1.00 e. The van der Waals surface area contributed by atoms with E-state index >= 15 is 0 Å². The number of hydrogen-bond acceptors (Lipinski definition) is 2. The van der Waals surface area contributed by atoms with Gasteiger partial charge in [0, 0.05) is 32.7 Å². The second-order valence-electron chi connectivity index (χ2n) is 8.60. The molecule has 3 aromatic carbocycles. The van der Waals surface area contributed by atoms with E-state index in [1.54, 1.807) is 0 Å². The summed E-state index contributed by atoms with van der Waals surface area (Å²) in [5.41, 5.74) is 4.14. The minimum Gasteiger partial charge on any atom is -0.658 e. The smallest absolute Gasteiger partial charge is 0.658 e. The van der Waals surface area contributed by atoms with Crippen LogP contribution in [0.4, 0.5) is 0 Å². The monoisotopic (exact) mass is 419 g/mol. The molecule has 32 heavy (non-hydrogen) atoms. The first kappa shape index (κ1) is 24.8. The van der Waals surface area contributed by atoms with Crippen molar-refractivity contribution >= 4 is 0 Å². The molecule has 4 rings (SSSR count). The molecule has 0 bridgehead atoms. The van der Waals surface area contributed by atoms with E-state index in [0.29, 0.717) is 6.04 Å². The van der Waals surface area contributed by atoms with Crippen molar-refractivity contribution in [2.24, 2.45) is 0 Å². The van der Waals surface area contributed by atoms with Gasteiger partial charge in [-0.15, -0.1) is 12.6 Å². The van der Waals surface area contributed by atoms with Gasteiger partial charge in [-0.3, -0.25) is 9.80 Å². The minimum atomic E-state index is 0. The van der Waals surface area contributed by atoms with Crippen LogP contribution in [-0.2, 0) is 19.6 Å². The molecular formula is C28H34LiN3. The molecule has 1 aliphatic heterocycles. The molecule has 3 aromatic rings. The van der Waals surface area contributed by atoms with Gasteiger partial charge in [0.05, 0.1) is 0 Å². The molecule has 0 N–H and O–H groups in total. The Morgan fingerprint density at radius 3 is 1.50 bits per heavy atom. The van der Waals surface area contributed by atoms with E-state index < -0.39 is 0 Å². The van der Waals surface area contributed by atoms with Gasteiger partial charge in [0.2, 0.25) is 0 Å². The van der Waals surface area contributed by atoms with Gasteiger partial charge >= 0.3 is 18.9 Å². The first-order valence-corrected chi connectivity index (χ1v) is 11.6. The number of hydrogen-bond donors (Lipinski definition) is 0. The first-order chi connectivity index (χ1) is 15.3. The van der Waals surface area contributed by atoms with Gasteiger partial charge in [0.15, 0.2) is 0 Å². The summed E-state index contributed by atoms with van der Waals surface area (Å²) in [6.45, 7) is 7.16. The summed E-state index contributed by atoms with van der Waals surface area (Å²) in [4.78, 5) is 5.19. The zero-order valence-corrected chi connectivity index (χ0v) is 19.4. The fourth-order valence-electron chi connectivity index (χ4n) is 4.40. The van der Waals surface area contributed by atoms with Crippen LogP contribution in [0, 0.1) is 0 Å². The molecule has 1 heterocycles. The van der Waals surface area contributed by atoms with Crippen molar-refractivity contribution in [3.05, 3.63) is 113 Å². The molecule has 0 aromatic heterocycles. The van der Waals surface area contributed by atoms with E-state index in [-0.39, 0.29) is 18.9 Å². The molecular weight excluding hydrogens is 385 g/mol. The van der Waals surface area contributed by atoms with E-state index in [4.69, 9.17) is 5.32 Å². The Morgan fingerprint density at radius 2 is 1.06 bits per heavy atom. The number of rotatable bonds is 11. The topological polar surface area (TPSA) is 20.6 Å². The van der Waals surface area contributed by atoms with Crippen molar-refractivity contribution in [2.45, 2.75) is 38.5 Å². The van der Waals surface area contributed by atoms with Crippen LogP contribution < -0.4 is 18.9 Å². The molecule has 0 radical (unpaired) electrons. The Morgan fingerprint density at radius 1 is 0.625 bits per heavy atom. The SMILES string of the molecule is [Li+].c1ccc(CN(CCN(Cc2ccccc2)C[C@@H]2CCC[N-]2)Cc2ccccc2)cc1. The van der Waals surface area contributed by atoms with Crippen molar-refractivity contribution in [1.82, 2.24) is 9.80 Å². The molecule has 1 fully saturated rings. The molecule has 1 atom stereocenters. The summed E-state index contributed by atoms with van der Waals surface area (Å²) in [5, 5.41) is 4.82. The van der Waals surface area contributed by atoms with E-state index in [2.05, 4.69) is 101 Å². The van der Waals surface area contributed by atoms with Gasteiger partial charge in [0.25, 0.3) is 0 Å². The molecule has 0 amide bonds. The molecule has 1 aliphatic rings. The van der Waals surface area contributed by atoms with Crippen LogP contribution in [0.15, 0.2) is 91.0 Å². The minimum absolute atomic E-state index is 0. The molecule has 0 saturated carbocycles. The standard InChI is InChI=1S/C28H34N3.Li/c1-4-11-25(12-5-1)21-30(22-26-13-6-2-7-14-26)19-20-31(24-28-17-10-18-29-28)23-27-15-8-3-9-16-27;/h1-9,11-16,28H,10,17-24H2;/q-1;+1/t28-;/m0./s1. The van der Waals surface area contributed by atoms with Crippen molar-refractivity contribution in [3.63, 3.8) is 0 Å². The molecule has 0 unspecified atom stereocenters. The molecule has 0 aliphatic carbocycles. The second-order valence-corrected chi connectivity index (χ2v) is 8.60. The predicted octanol–water partition coefficient (Wildman–Crippen LogP) is 2.73. The molecule has 1 saturated heterocycles. The van der Waals surface area contributed by atoms with E-state index in [1.807, 2.05) is 0 Å². The number of benzene rings is 3. The summed E-state index contributed by atoms with van der Waals surface area (Å²) in [6, 6.07) is 33.0. The summed E-state index contributed by atoms with van der Waals surface area (Å²) in [7, 11) is 0. The molecule has 3 nitrogen and oxygen atoms in total. The van der Waals surface area contributed by atoms with Crippen molar-refractivity contribution in [3.8, 4) is 0 Å². The largest absolute Gasteiger partial charge is 1.00 e.